The van der Waals surface area contributed by atoms with Gasteiger partial charge in [0, 0.05) is 31.5 Å². The van der Waals surface area contributed by atoms with E-state index in [9.17, 15) is 0 Å². The highest BCUT2D eigenvalue weighted by Crippen LogP contribution is 2.27. The molecule has 96 valence electrons. The van der Waals surface area contributed by atoms with Crippen LogP contribution in [0.15, 0.2) is 35.1 Å². The van der Waals surface area contributed by atoms with Crippen molar-refractivity contribution in [3.8, 4) is 5.75 Å². The van der Waals surface area contributed by atoms with Crippen LogP contribution in [0.5, 0.6) is 5.75 Å². The summed E-state index contributed by atoms with van der Waals surface area (Å²) in [6.07, 6.45) is 4.87. The summed E-state index contributed by atoms with van der Waals surface area (Å²) < 4.78 is 8.03. The summed E-state index contributed by atoms with van der Waals surface area (Å²) in [5, 5.41) is 7.51. The van der Waals surface area contributed by atoms with Crippen molar-refractivity contribution in [3.63, 3.8) is 0 Å². The molecule has 18 heavy (non-hydrogen) atoms. The van der Waals surface area contributed by atoms with Crippen molar-refractivity contribution in [2.75, 3.05) is 19.0 Å². The average Bonchev–Trinajstić information content (AvgIpc) is 2.77. The minimum Gasteiger partial charge on any atom is -0.495 e. The maximum absolute atomic E-state index is 5.25. The van der Waals surface area contributed by atoms with Crippen LogP contribution >= 0.6 is 15.9 Å². The number of aryl methyl sites for hydroxylation is 1. The van der Waals surface area contributed by atoms with E-state index < -0.39 is 0 Å². The molecular weight excluding hydrogens is 294 g/mol. The quantitative estimate of drug-likeness (QED) is 0.923. The molecule has 0 unspecified atom stereocenters. The predicted molar refractivity (Wildman–Crippen MR) is 76.1 cm³/mol. The molecule has 0 fully saturated rings. The Balaban J connectivity index is 1.90. The van der Waals surface area contributed by atoms with E-state index in [4.69, 9.17) is 4.74 Å². The third kappa shape index (κ3) is 3.26. The fourth-order valence-electron chi connectivity index (χ4n) is 1.72. The number of benzene rings is 1. The van der Waals surface area contributed by atoms with Gasteiger partial charge < -0.3 is 10.1 Å². The number of halogens is 1. The van der Waals surface area contributed by atoms with E-state index in [1.165, 1.54) is 5.56 Å². The average molecular weight is 310 g/mol. The van der Waals surface area contributed by atoms with Gasteiger partial charge in [-0.1, -0.05) is 0 Å². The Labute approximate surface area is 115 Å². The molecule has 1 aromatic carbocycles. The molecule has 1 heterocycles. The first-order chi connectivity index (χ1) is 8.69. The Morgan fingerprint density at radius 3 is 2.94 bits per heavy atom. The fourth-order valence-corrected chi connectivity index (χ4v) is 2.13. The summed E-state index contributed by atoms with van der Waals surface area (Å²) in [6.45, 7) is 0.872. The van der Waals surface area contributed by atoms with E-state index in [0.717, 1.165) is 28.9 Å². The van der Waals surface area contributed by atoms with E-state index in [2.05, 4.69) is 26.3 Å². The van der Waals surface area contributed by atoms with Gasteiger partial charge in [0.25, 0.3) is 0 Å². The van der Waals surface area contributed by atoms with Gasteiger partial charge in [0.1, 0.15) is 5.75 Å². The highest BCUT2D eigenvalue weighted by molar-refractivity contribution is 9.10. The van der Waals surface area contributed by atoms with Crippen molar-refractivity contribution < 1.29 is 4.74 Å². The van der Waals surface area contributed by atoms with Gasteiger partial charge in [-0.3, -0.25) is 4.68 Å². The third-order valence-corrected chi connectivity index (χ3v) is 3.31. The van der Waals surface area contributed by atoms with E-state index in [1.54, 1.807) is 7.11 Å². The number of nitrogens with one attached hydrogen (secondary N) is 1. The van der Waals surface area contributed by atoms with Crippen LogP contribution in [-0.4, -0.2) is 23.4 Å². The smallest absolute Gasteiger partial charge is 0.135 e. The van der Waals surface area contributed by atoms with E-state index >= 15 is 0 Å². The maximum Gasteiger partial charge on any atom is 0.135 e. The molecule has 0 amide bonds. The van der Waals surface area contributed by atoms with Crippen molar-refractivity contribution in [1.29, 1.82) is 0 Å². The van der Waals surface area contributed by atoms with Crippen LogP contribution in [-0.2, 0) is 13.5 Å². The molecule has 0 aliphatic carbocycles. The number of rotatable bonds is 5. The lowest BCUT2D eigenvalue weighted by molar-refractivity contribution is 0.412. The second-order valence-electron chi connectivity index (χ2n) is 4.05. The maximum atomic E-state index is 5.25. The van der Waals surface area contributed by atoms with Crippen LogP contribution in [0.2, 0.25) is 0 Å². The van der Waals surface area contributed by atoms with Gasteiger partial charge in [-0.15, -0.1) is 0 Å². The fraction of sp³-hybridized carbons (Fsp3) is 0.308. The lowest BCUT2D eigenvalue weighted by Gasteiger charge is -2.08. The summed E-state index contributed by atoms with van der Waals surface area (Å²) in [5.74, 6) is 0.835. The minimum absolute atomic E-state index is 0.835. The topological polar surface area (TPSA) is 39.1 Å². The first-order valence-corrected chi connectivity index (χ1v) is 6.53. The number of hydrogen-bond acceptors (Lipinski definition) is 3. The van der Waals surface area contributed by atoms with Crippen molar-refractivity contribution in [1.82, 2.24) is 9.78 Å². The monoisotopic (exact) mass is 309 g/mol. The number of hydrogen-bond donors (Lipinski definition) is 1. The normalized spacial score (nSPS) is 10.4. The first-order valence-electron chi connectivity index (χ1n) is 5.74. The van der Waals surface area contributed by atoms with Crippen LogP contribution in [0.25, 0.3) is 0 Å². The molecule has 0 spiro atoms. The molecule has 1 N–H and O–H groups in total. The highest BCUT2D eigenvalue weighted by atomic mass is 79.9. The lowest BCUT2D eigenvalue weighted by atomic mass is 10.2. The highest BCUT2D eigenvalue weighted by Gasteiger charge is 2.01. The largest absolute Gasteiger partial charge is 0.495 e. The molecule has 4 nitrogen and oxygen atoms in total. The van der Waals surface area contributed by atoms with Crippen LogP contribution in [0.1, 0.15) is 5.56 Å². The molecule has 1 aromatic heterocycles. The molecule has 0 aliphatic rings. The number of ether oxygens (including phenoxy) is 1. The number of anilines is 1. The standard InChI is InChI=1S/C13H16BrN3O/c1-17-9-10(8-16-17)5-6-15-11-3-4-12(14)13(7-11)18-2/h3-4,7-9,15H,5-6H2,1-2H3. The number of methoxy groups -OCH3 is 1. The first kappa shape index (κ1) is 13.0. The van der Waals surface area contributed by atoms with E-state index in [-0.39, 0.29) is 0 Å². The summed E-state index contributed by atoms with van der Waals surface area (Å²) in [5.41, 5.74) is 2.29. The van der Waals surface area contributed by atoms with Gasteiger partial charge in [-0.2, -0.15) is 5.10 Å². The molecular formula is C13H16BrN3O. The van der Waals surface area contributed by atoms with Crippen molar-refractivity contribution in [2.45, 2.75) is 6.42 Å². The van der Waals surface area contributed by atoms with Gasteiger partial charge in [0.2, 0.25) is 0 Å². The van der Waals surface area contributed by atoms with Crippen molar-refractivity contribution >= 4 is 21.6 Å². The van der Waals surface area contributed by atoms with Crippen LogP contribution in [0.3, 0.4) is 0 Å². The zero-order chi connectivity index (χ0) is 13.0. The molecule has 0 aliphatic heterocycles. The van der Waals surface area contributed by atoms with Crippen molar-refractivity contribution in [3.05, 3.63) is 40.6 Å². The minimum atomic E-state index is 0.835. The molecule has 2 aromatic rings. The summed E-state index contributed by atoms with van der Waals surface area (Å²) in [7, 11) is 3.59. The van der Waals surface area contributed by atoms with Crippen LogP contribution in [0, 0.1) is 0 Å². The molecule has 0 radical (unpaired) electrons. The van der Waals surface area contributed by atoms with Gasteiger partial charge in [0.15, 0.2) is 0 Å². The Morgan fingerprint density at radius 2 is 2.28 bits per heavy atom. The second-order valence-corrected chi connectivity index (χ2v) is 4.90. The van der Waals surface area contributed by atoms with Gasteiger partial charge in [-0.25, -0.2) is 0 Å². The Morgan fingerprint density at radius 1 is 1.44 bits per heavy atom. The third-order valence-electron chi connectivity index (χ3n) is 2.65. The zero-order valence-electron chi connectivity index (χ0n) is 10.5. The summed E-state index contributed by atoms with van der Waals surface area (Å²) in [4.78, 5) is 0. The summed E-state index contributed by atoms with van der Waals surface area (Å²) in [6, 6.07) is 5.98. The Kier molecular flexibility index (Phi) is 4.25. The SMILES string of the molecule is COc1cc(NCCc2cnn(C)c2)ccc1Br. The molecule has 0 atom stereocenters. The molecule has 0 saturated carbocycles. The van der Waals surface area contributed by atoms with Gasteiger partial charge in [-0.05, 0) is 40.0 Å². The Bertz CT molecular complexity index is 525. The molecule has 5 heteroatoms. The second kappa shape index (κ2) is 5.91. The molecule has 0 saturated heterocycles. The van der Waals surface area contributed by atoms with Gasteiger partial charge in [0.05, 0.1) is 17.8 Å². The number of aromatic nitrogens is 2. The van der Waals surface area contributed by atoms with Crippen LogP contribution in [0.4, 0.5) is 5.69 Å². The van der Waals surface area contributed by atoms with E-state index in [1.807, 2.05) is 42.3 Å². The predicted octanol–water partition coefficient (Wildman–Crippen LogP) is 2.85. The summed E-state index contributed by atoms with van der Waals surface area (Å²) >= 11 is 3.43. The van der Waals surface area contributed by atoms with Crippen molar-refractivity contribution in [2.24, 2.45) is 7.05 Å². The zero-order valence-corrected chi connectivity index (χ0v) is 12.1. The van der Waals surface area contributed by atoms with E-state index in [0.29, 0.717) is 0 Å². The molecule has 0 bridgehead atoms. The van der Waals surface area contributed by atoms with Crippen LogP contribution < -0.4 is 10.1 Å². The Hall–Kier alpha value is -1.49. The molecule has 2 rings (SSSR count). The number of nitrogens with zero attached hydrogens (tertiary/aromatic N) is 2. The lowest BCUT2D eigenvalue weighted by Crippen LogP contribution is -2.04. The van der Waals surface area contributed by atoms with Gasteiger partial charge >= 0.3 is 0 Å².